The number of hydrogen-bond acceptors (Lipinski definition) is 2. The van der Waals surface area contributed by atoms with Gasteiger partial charge in [0.05, 0.1) is 0 Å². The van der Waals surface area contributed by atoms with Crippen LogP contribution >= 0.6 is 0 Å². The monoisotopic (exact) mass is 381 g/mol. The highest BCUT2D eigenvalue weighted by Crippen LogP contribution is 2.35. The molecular formula is C26H39NO. The van der Waals surface area contributed by atoms with E-state index in [0.29, 0.717) is 24.6 Å². The lowest BCUT2D eigenvalue weighted by Gasteiger charge is -2.31. The van der Waals surface area contributed by atoms with Gasteiger partial charge < -0.3 is 9.64 Å². The molecule has 2 aromatic carbocycles. The van der Waals surface area contributed by atoms with Crippen molar-refractivity contribution in [1.29, 1.82) is 0 Å². The molecule has 0 heterocycles. The van der Waals surface area contributed by atoms with Gasteiger partial charge in [0.25, 0.3) is 0 Å². The molecule has 0 bridgehead atoms. The molecule has 2 rings (SSSR count). The number of ether oxygens (including phenoxy) is 1. The second kappa shape index (κ2) is 9.03. The highest BCUT2D eigenvalue weighted by molar-refractivity contribution is 5.50. The lowest BCUT2D eigenvalue weighted by atomic mass is 9.87. The summed E-state index contributed by atoms with van der Waals surface area (Å²) < 4.78 is 6.49. The number of anilines is 1. The van der Waals surface area contributed by atoms with Crippen molar-refractivity contribution in [2.24, 2.45) is 0 Å². The Bertz CT molecular complexity index is 725. The lowest BCUT2D eigenvalue weighted by molar-refractivity contribution is 0.296. The van der Waals surface area contributed by atoms with E-state index < -0.39 is 0 Å². The highest BCUT2D eigenvalue weighted by atomic mass is 16.5. The summed E-state index contributed by atoms with van der Waals surface area (Å²) in [7, 11) is 0. The van der Waals surface area contributed by atoms with E-state index in [1.165, 1.54) is 22.4 Å². The first-order valence-corrected chi connectivity index (χ1v) is 10.6. The molecular weight excluding hydrogens is 342 g/mol. The van der Waals surface area contributed by atoms with Gasteiger partial charge in [-0.25, -0.2) is 0 Å². The average molecular weight is 382 g/mol. The Balaban J connectivity index is 2.30. The van der Waals surface area contributed by atoms with Gasteiger partial charge in [0.2, 0.25) is 0 Å². The molecule has 2 nitrogen and oxygen atoms in total. The van der Waals surface area contributed by atoms with Crippen molar-refractivity contribution in [3.63, 3.8) is 0 Å². The maximum atomic E-state index is 6.49. The van der Waals surface area contributed by atoms with Crippen LogP contribution in [0.2, 0.25) is 0 Å². The zero-order chi connectivity index (χ0) is 21.1. The molecule has 0 N–H and O–H groups in total. The number of para-hydroxylation sites is 1. The summed E-state index contributed by atoms with van der Waals surface area (Å²) in [4.78, 5) is 2.33. The summed E-state index contributed by atoms with van der Waals surface area (Å²) in [6.07, 6.45) is 0. The maximum Gasteiger partial charge on any atom is 0.161 e. The predicted octanol–water partition coefficient (Wildman–Crippen LogP) is 7.48. The van der Waals surface area contributed by atoms with Crippen molar-refractivity contribution in [1.82, 2.24) is 0 Å². The van der Waals surface area contributed by atoms with Gasteiger partial charge in [-0.05, 0) is 59.9 Å². The first kappa shape index (κ1) is 22.3. The van der Waals surface area contributed by atoms with Crippen LogP contribution in [0.4, 0.5) is 5.69 Å². The van der Waals surface area contributed by atoms with Crippen molar-refractivity contribution in [2.75, 3.05) is 11.6 Å². The van der Waals surface area contributed by atoms with Gasteiger partial charge in [-0.2, -0.15) is 0 Å². The van der Waals surface area contributed by atoms with Crippen LogP contribution in [0.1, 0.15) is 90.8 Å². The van der Waals surface area contributed by atoms with Crippen LogP contribution in [-0.4, -0.2) is 12.8 Å². The van der Waals surface area contributed by atoms with Crippen molar-refractivity contribution in [3.05, 3.63) is 59.2 Å². The third-order valence-electron chi connectivity index (χ3n) is 5.36. The Morgan fingerprint density at radius 2 is 1.29 bits per heavy atom. The molecule has 2 heteroatoms. The van der Waals surface area contributed by atoms with E-state index in [-0.39, 0.29) is 5.41 Å². The smallest absolute Gasteiger partial charge is 0.161 e. The molecule has 0 saturated heterocycles. The fourth-order valence-corrected chi connectivity index (χ4v) is 3.46. The number of benzene rings is 2. The molecule has 0 aliphatic heterocycles. The first-order chi connectivity index (χ1) is 13.0. The Morgan fingerprint density at radius 3 is 1.68 bits per heavy atom. The molecule has 28 heavy (non-hydrogen) atoms. The van der Waals surface area contributed by atoms with Crippen molar-refractivity contribution in [3.8, 4) is 5.75 Å². The van der Waals surface area contributed by atoms with Gasteiger partial charge in [0, 0.05) is 11.7 Å². The van der Waals surface area contributed by atoms with Crippen LogP contribution in [0.25, 0.3) is 0 Å². The zero-order valence-corrected chi connectivity index (χ0v) is 19.3. The van der Waals surface area contributed by atoms with E-state index >= 15 is 0 Å². The minimum atomic E-state index is 0.167. The van der Waals surface area contributed by atoms with Crippen molar-refractivity contribution >= 4 is 5.69 Å². The molecule has 0 fully saturated rings. The largest absolute Gasteiger partial charge is 0.473 e. The van der Waals surface area contributed by atoms with Crippen LogP contribution in [-0.2, 0) is 5.41 Å². The van der Waals surface area contributed by atoms with E-state index in [2.05, 4.69) is 110 Å². The summed E-state index contributed by atoms with van der Waals surface area (Å²) in [5, 5.41) is 0. The van der Waals surface area contributed by atoms with Crippen LogP contribution in [0, 0.1) is 0 Å². The molecule has 154 valence electrons. The normalized spacial score (nSPS) is 12.1. The summed E-state index contributed by atoms with van der Waals surface area (Å²) >= 11 is 0. The Labute approximate surface area is 172 Å². The third kappa shape index (κ3) is 5.31. The topological polar surface area (TPSA) is 12.5 Å². The zero-order valence-electron chi connectivity index (χ0n) is 19.3. The van der Waals surface area contributed by atoms with E-state index in [4.69, 9.17) is 4.74 Å². The lowest BCUT2D eigenvalue weighted by Crippen LogP contribution is -2.34. The van der Waals surface area contributed by atoms with Gasteiger partial charge in [-0.15, -0.1) is 0 Å². The van der Waals surface area contributed by atoms with Crippen LogP contribution in [0.5, 0.6) is 5.75 Å². The second-order valence-electron chi connectivity index (χ2n) is 9.71. The fourth-order valence-electron chi connectivity index (χ4n) is 3.46. The minimum Gasteiger partial charge on any atom is -0.473 e. The molecule has 0 spiro atoms. The molecule has 0 amide bonds. The number of hydrogen-bond donors (Lipinski definition) is 0. The summed E-state index contributed by atoms with van der Waals surface area (Å²) in [6, 6.07) is 15.8. The van der Waals surface area contributed by atoms with Crippen LogP contribution in [0.15, 0.2) is 42.5 Å². The average Bonchev–Trinajstić information content (AvgIpc) is 2.60. The van der Waals surface area contributed by atoms with Gasteiger partial charge in [0.1, 0.15) is 5.75 Å². The molecule has 0 aliphatic carbocycles. The fraction of sp³-hybridized carbons (Fsp3) is 0.538. The Hall–Kier alpha value is -1.96. The Kier molecular flexibility index (Phi) is 7.20. The quantitative estimate of drug-likeness (QED) is 0.461. The van der Waals surface area contributed by atoms with E-state index in [0.717, 1.165) is 5.75 Å². The first-order valence-electron chi connectivity index (χ1n) is 10.6. The maximum absolute atomic E-state index is 6.49. The summed E-state index contributed by atoms with van der Waals surface area (Å²) in [6.45, 7) is 20.7. The molecule has 0 aliphatic rings. The molecule has 0 saturated carbocycles. The molecule has 0 aromatic heterocycles. The summed E-state index contributed by atoms with van der Waals surface area (Å²) in [5.74, 6) is 1.93. The Morgan fingerprint density at radius 1 is 0.786 bits per heavy atom. The summed E-state index contributed by atoms with van der Waals surface area (Å²) in [5.41, 5.74) is 5.31. The molecule has 2 aromatic rings. The van der Waals surface area contributed by atoms with Crippen molar-refractivity contribution in [2.45, 2.75) is 85.6 Å². The third-order valence-corrected chi connectivity index (χ3v) is 5.36. The van der Waals surface area contributed by atoms with Crippen LogP contribution < -0.4 is 9.64 Å². The van der Waals surface area contributed by atoms with E-state index in [9.17, 15) is 0 Å². The van der Waals surface area contributed by atoms with E-state index in [1.54, 1.807) is 0 Å². The minimum absolute atomic E-state index is 0.167. The molecule has 0 radical (unpaired) electrons. The molecule has 0 atom stereocenters. The van der Waals surface area contributed by atoms with Gasteiger partial charge in [-0.1, -0.05) is 78.8 Å². The number of rotatable bonds is 7. The standard InChI is InChI=1S/C26H39NO/c1-18(2)23-11-10-12-24(19(3)4)25(23)28-17-27(20(5)6)22-15-13-21(14-16-22)26(7,8)9/h10-16,18-20H,17H2,1-9H3. The predicted molar refractivity (Wildman–Crippen MR) is 123 cm³/mol. The van der Waals surface area contributed by atoms with Crippen LogP contribution in [0.3, 0.4) is 0 Å². The van der Waals surface area contributed by atoms with Gasteiger partial charge >= 0.3 is 0 Å². The van der Waals surface area contributed by atoms with Gasteiger partial charge in [0.15, 0.2) is 6.73 Å². The SMILES string of the molecule is CC(C)c1cccc(C(C)C)c1OCN(c1ccc(C(C)(C)C)cc1)C(C)C. The van der Waals surface area contributed by atoms with Crippen molar-refractivity contribution < 1.29 is 4.74 Å². The number of nitrogens with zero attached hydrogens (tertiary/aromatic N) is 1. The second-order valence-corrected chi connectivity index (χ2v) is 9.71. The molecule has 0 unspecified atom stereocenters. The highest BCUT2D eigenvalue weighted by Gasteiger charge is 2.19. The van der Waals surface area contributed by atoms with E-state index in [1.807, 2.05) is 0 Å². The van der Waals surface area contributed by atoms with Gasteiger partial charge in [-0.3, -0.25) is 0 Å².